The number of aromatic nitrogens is 2. The highest BCUT2D eigenvalue weighted by atomic mass is 32.1. The van der Waals surface area contributed by atoms with E-state index in [4.69, 9.17) is 19.4 Å². The van der Waals surface area contributed by atoms with Crippen LogP contribution in [-0.2, 0) is 25.5 Å². The van der Waals surface area contributed by atoms with Crippen LogP contribution in [0.25, 0.3) is 11.3 Å². The zero-order chi connectivity index (χ0) is 30.4. The van der Waals surface area contributed by atoms with Crippen molar-refractivity contribution in [1.82, 2.24) is 24.9 Å². The van der Waals surface area contributed by atoms with E-state index >= 15 is 0 Å². The van der Waals surface area contributed by atoms with Crippen LogP contribution in [0.3, 0.4) is 0 Å². The van der Waals surface area contributed by atoms with E-state index in [-0.39, 0.29) is 42.5 Å². The Kier molecular flexibility index (Phi) is 6.45. The fraction of sp³-hybridized carbons (Fsp3) is 0.529. The van der Waals surface area contributed by atoms with Crippen molar-refractivity contribution in [1.29, 1.82) is 0 Å². The highest BCUT2D eigenvalue weighted by Crippen LogP contribution is 2.58. The van der Waals surface area contributed by atoms with Crippen molar-refractivity contribution in [3.05, 3.63) is 69.5 Å². The maximum atomic E-state index is 13.8. The van der Waals surface area contributed by atoms with E-state index < -0.39 is 11.0 Å². The van der Waals surface area contributed by atoms with Crippen molar-refractivity contribution >= 4 is 34.5 Å². The number of methoxy groups -OCH3 is 1. The van der Waals surface area contributed by atoms with E-state index in [9.17, 15) is 9.59 Å². The number of amides is 1. The van der Waals surface area contributed by atoms with E-state index in [0.717, 1.165) is 40.5 Å². The van der Waals surface area contributed by atoms with Crippen molar-refractivity contribution in [2.45, 2.75) is 64.1 Å². The summed E-state index contributed by atoms with van der Waals surface area (Å²) in [6, 6.07) is 4.34. The molecule has 9 nitrogen and oxygen atoms in total. The van der Waals surface area contributed by atoms with Crippen LogP contribution in [0, 0.1) is 17.3 Å². The third kappa shape index (κ3) is 4.03. The fourth-order valence-corrected chi connectivity index (χ4v) is 9.26. The molecular formula is C34H39N5O4S. The van der Waals surface area contributed by atoms with Crippen molar-refractivity contribution < 1.29 is 19.1 Å². The summed E-state index contributed by atoms with van der Waals surface area (Å²) < 4.78 is 12.6. The Morgan fingerprint density at radius 1 is 1.23 bits per heavy atom. The summed E-state index contributed by atoms with van der Waals surface area (Å²) in [7, 11) is 1.76. The second kappa shape index (κ2) is 10.1. The molecule has 4 unspecified atom stereocenters. The van der Waals surface area contributed by atoms with Gasteiger partial charge in [0.05, 0.1) is 35.6 Å². The van der Waals surface area contributed by atoms with Crippen LogP contribution in [0.5, 0.6) is 0 Å². The topological polar surface area (TPSA) is 87.9 Å². The Hall–Kier alpha value is -3.34. The van der Waals surface area contributed by atoms with Gasteiger partial charge in [0.2, 0.25) is 5.91 Å². The van der Waals surface area contributed by atoms with Crippen LogP contribution in [0.2, 0.25) is 0 Å². The molecule has 0 N–H and O–H groups in total. The molecule has 2 fully saturated rings. The van der Waals surface area contributed by atoms with Crippen molar-refractivity contribution in [3.63, 3.8) is 0 Å². The Morgan fingerprint density at radius 3 is 2.91 bits per heavy atom. The first kappa shape index (κ1) is 28.2. The number of likely N-dealkylation sites (N-methyl/N-ethyl adjacent to an activating group) is 1. The summed E-state index contributed by atoms with van der Waals surface area (Å²) in [5, 5.41) is 6.79. The van der Waals surface area contributed by atoms with E-state index in [0.29, 0.717) is 32.4 Å². The van der Waals surface area contributed by atoms with Gasteiger partial charge in [0.1, 0.15) is 6.10 Å². The summed E-state index contributed by atoms with van der Waals surface area (Å²) in [4.78, 5) is 39.5. The van der Waals surface area contributed by atoms with Gasteiger partial charge in [0, 0.05) is 73.1 Å². The highest BCUT2D eigenvalue weighted by molar-refractivity contribution is 7.09. The molecule has 0 saturated carbocycles. The average molecular weight is 614 g/mol. The standard InChI is InChI=1S/C34H39N5O4S/c1-5-37-24-10-9-20-16-22(24)27-28(31(42-4)29-21(30(27)37)8-6-14-35-29)33(2,3)19-43-32(41)34-13-7-15-38(39(34)18-34)26(40)12-11-25-36-23(20)17-44-25/h6,8-10,14,16-17,22,24,28,31H,5,7,11-13,15,18-19H2,1-4H3/t22?,24?,28?,31-,34-,39?/m0/s1. The molecular weight excluding hydrogens is 574 g/mol. The number of thiazole rings is 1. The molecule has 0 aromatic carbocycles. The number of hydrogen-bond acceptors (Lipinski definition) is 9. The van der Waals surface area contributed by atoms with Crippen molar-refractivity contribution in [2.75, 3.05) is 33.4 Å². The minimum absolute atomic E-state index is 0.0430. The summed E-state index contributed by atoms with van der Waals surface area (Å²) in [5.41, 5.74) is 5.45. The van der Waals surface area contributed by atoms with Crippen LogP contribution in [0.4, 0.5) is 0 Å². The molecule has 1 amide bonds. The van der Waals surface area contributed by atoms with Gasteiger partial charge in [-0.3, -0.25) is 14.8 Å². The predicted octanol–water partition coefficient (Wildman–Crippen LogP) is 4.65. The molecule has 6 aliphatic rings. The first-order chi connectivity index (χ1) is 21.3. The van der Waals surface area contributed by atoms with Gasteiger partial charge in [-0.05, 0) is 43.0 Å². The number of allylic oxidation sites excluding steroid dienone is 2. The number of carbonyl (C=O) groups is 2. The molecule has 2 aliphatic carbocycles. The second-order valence-corrected chi connectivity index (χ2v) is 14.5. The van der Waals surface area contributed by atoms with Gasteiger partial charge in [-0.15, -0.1) is 11.3 Å². The number of aryl methyl sites for hydroxylation is 1. The maximum Gasteiger partial charge on any atom is 0.329 e. The molecule has 4 aliphatic heterocycles. The highest BCUT2D eigenvalue weighted by Gasteiger charge is 2.65. The van der Waals surface area contributed by atoms with Crippen LogP contribution < -0.4 is 0 Å². The van der Waals surface area contributed by atoms with Gasteiger partial charge in [-0.25, -0.2) is 9.78 Å². The Bertz CT molecular complexity index is 1640. The summed E-state index contributed by atoms with van der Waals surface area (Å²) in [6.45, 7) is 8.85. The van der Waals surface area contributed by atoms with Crippen molar-refractivity contribution in [2.24, 2.45) is 17.3 Å². The van der Waals surface area contributed by atoms with Gasteiger partial charge in [-0.1, -0.05) is 32.1 Å². The Morgan fingerprint density at radius 2 is 2.09 bits per heavy atom. The molecule has 230 valence electrons. The third-order valence-corrected chi connectivity index (χ3v) is 11.5. The zero-order valence-corrected chi connectivity index (χ0v) is 26.6. The van der Waals surface area contributed by atoms with Gasteiger partial charge in [0.25, 0.3) is 0 Å². The number of ether oxygens (including phenoxy) is 2. The van der Waals surface area contributed by atoms with Crippen LogP contribution in [0.15, 0.2) is 47.5 Å². The van der Waals surface area contributed by atoms with Crippen LogP contribution in [-0.4, -0.2) is 81.7 Å². The number of hydrogen-bond donors (Lipinski definition) is 0. The molecule has 6 heterocycles. The minimum atomic E-state index is -0.737. The molecule has 6 atom stereocenters. The molecule has 0 spiro atoms. The average Bonchev–Trinajstić information content (AvgIpc) is 3.47. The van der Waals surface area contributed by atoms with E-state index in [1.165, 1.54) is 11.3 Å². The molecule has 8 rings (SSSR count). The summed E-state index contributed by atoms with van der Waals surface area (Å²) in [5.74, 6) is -0.172. The number of fused-ring (bicyclic) bond motifs is 5. The summed E-state index contributed by atoms with van der Waals surface area (Å²) in [6.07, 6.45) is 10.9. The lowest BCUT2D eigenvalue weighted by atomic mass is 9.64. The molecule has 2 saturated heterocycles. The van der Waals surface area contributed by atoms with Gasteiger partial charge in [-0.2, -0.15) is 5.01 Å². The first-order valence-electron chi connectivity index (χ1n) is 15.9. The SMILES string of the molecule is CCN1C2=C3C4C=C(C=CC41)c1csc(n1)CCC(=O)N1CCC[C@]4(CN14)C(=O)OCC(C)(C)C3[C@H](OC)c1ncccc12. The lowest BCUT2D eigenvalue weighted by Gasteiger charge is -2.44. The number of nitrogens with zero attached hydrogens (tertiary/aromatic N) is 5. The number of rotatable bonds is 2. The molecule has 2 aromatic heterocycles. The smallest absolute Gasteiger partial charge is 0.329 e. The van der Waals surface area contributed by atoms with E-state index in [2.05, 4.69) is 55.3 Å². The van der Waals surface area contributed by atoms with Crippen LogP contribution in [0.1, 0.15) is 68.1 Å². The molecule has 6 bridgehead atoms. The zero-order valence-electron chi connectivity index (χ0n) is 25.8. The first-order valence-corrected chi connectivity index (χ1v) is 16.7. The van der Waals surface area contributed by atoms with Crippen molar-refractivity contribution in [3.8, 4) is 0 Å². The normalized spacial score (nSPS) is 33.6. The number of hydrazine groups is 1. The Balaban J connectivity index is 1.28. The maximum absolute atomic E-state index is 13.8. The molecule has 0 radical (unpaired) electrons. The number of cyclic esters (lactones) is 1. The fourth-order valence-electron chi connectivity index (χ4n) is 8.45. The van der Waals surface area contributed by atoms with Gasteiger partial charge < -0.3 is 14.4 Å². The quantitative estimate of drug-likeness (QED) is 0.358. The van der Waals surface area contributed by atoms with E-state index in [1.807, 2.05) is 17.3 Å². The lowest BCUT2D eigenvalue weighted by molar-refractivity contribution is -0.161. The molecule has 2 aromatic rings. The number of carbonyl (C=O) groups excluding carboxylic acids is 2. The largest absolute Gasteiger partial charge is 0.464 e. The van der Waals surface area contributed by atoms with Gasteiger partial charge >= 0.3 is 5.97 Å². The lowest BCUT2D eigenvalue weighted by Crippen LogP contribution is -2.48. The van der Waals surface area contributed by atoms with E-state index in [1.54, 1.807) is 23.5 Å². The summed E-state index contributed by atoms with van der Waals surface area (Å²) >= 11 is 1.61. The Labute approximate surface area is 262 Å². The monoisotopic (exact) mass is 613 g/mol. The minimum Gasteiger partial charge on any atom is -0.464 e. The third-order valence-electron chi connectivity index (χ3n) is 10.6. The van der Waals surface area contributed by atoms with Crippen LogP contribution >= 0.6 is 11.3 Å². The molecule has 10 heteroatoms. The predicted molar refractivity (Wildman–Crippen MR) is 167 cm³/mol. The molecule has 44 heavy (non-hydrogen) atoms. The number of pyridine rings is 1. The second-order valence-electron chi connectivity index (χ2n) is 13.6. The van der Waals surface area contributed by atoms with Gasteiger partial charge in [0.15, 0.2) is 5.54 Å². The number of esters is 1.